The van der Waals surface area contributed by atoms with Crippen LogP contribution in [-0.2, 0) is 22.5 Å². The van der Waals surface area contributed by atoms with Crippen molar-refractivity contribution in [2.45, 2.75) is 59.9 Å². The van der Waals surface area contributed by atoms with Crippen molar-refractivity contribution >= 4 is 16.9 Å². The molecule has 0 atom stereocenters. The summed E-state index contributed by atoms with van der Waals surface area (Å²) in [6, 6.07) is 8.28. The van der Waals surface area contributed by atoms with Crippen LogP contribution in [0.4, 0.5) is 0 Å². The first-order chi connectivity index (χ1) is 12.4. The van der Waals surface area contributed by atoms with Gasteiger partial charge in [-0.1, -0.05) is 39.3 Å². The molecule has 1 aromatic carbocycles. The van der Waals surface area contributed by atoms with Crippen molar-refractivity contribution in [2.75, 3.05) is 19.8 Å². The fraction of sp³-hybridized carbons (Fsp3) is 0.619. The molecular weight excluding hydrogens is 326 g/mol. The van der Waals surface area contributed by atoms with E-state index in [4.69, 9.17) is 9.72 Å². The van der Waals surface area contributed by atoms with Gasteiger partial charge >= 0.3 is 0 Å². The molecule has 1 heterocycles. The molecule has 0 bridgehead atoms. The van der Waals surface area contributed by atoms with E-state index in [1.165, 1.54) is 5.52 Å². The standard InChI is InChI=1S/C21H33N3O2/c1-5-26-16-15-24-18-12-9-8-11-17(18)23-19(24)13-7-6-10-14-22-20(25)21(2,3)4/h8-9,11-12H,5-7,10,13-16H2,1-4H3,(H,22,25). The summed E-state index contributed by atoms with van der Waals surface area (Å²) < 4.78 is 7.81. The van der Waals surface area contributed by atoms with Crippen molar-refractivity contribution in [1.82, 2.24) is 14.9 Å². The maximum Gasteiger partial charge on any atom is 0.225 e. The molecule has 0 spiro atoms. The molecule has 1 aromatic heterocycles. The number of ether oxygens (including phenoxy) is 1. The summed E-state index contributed by atoms with van der Waals surface area (Å²) in [5.41, 5.74) is 1.92. The number of para-hydroxylation sites is 2. The number of carbonyl (C=O) groups excluding carboxylic acids is 1. The number of benzene rings is 1. The quantitative estimate of drug-likeness (QED) is 0.654. The van der Waals surface area contributed by atoms with Gasteiger partial charge in [0.05, 0.1) is 17.6 Å². The minimum atomic E-state index is -0.314. The molecule has 0 radical (unpaired) electrons. The van der Waals surface area contributed by atoms with Gasteiger partial charge in [-0.2, -0.15) is 0 Å². The van der Waals surface area contributed by atoms with Crippen molar-refractivity contribution in [2.24, 2.45) is 5.41 Å². The summed E-state index contributed by atoms with van der Waals surface area (Å²) in [4.78, 5) is 16.7. The molecule has 2 aromatic rings. The van der Waals surface area contributed by atoms with Crippen LogP contribution in [0.3, 0.4) is 0 Å². The van der Waals surface area contributed by atoms with Crippen LogP contribution in [0.5, 0.6) is 0 Å². The minimum Gasteiger partial charge on any atom is -0.380 e. The van der Waals surface area contributed by atoms with E-state index < -0.39 is 0 Å². The number of nitrogens with one attached hydrogen (secondary N) is 1. The van der Waals surface area contributed by atoms with Crippen molar-refractivity contribution in [3.63, 3.8) is 0 Å². The smallest absolute Gasteiger partial charge is 0.225 e. The van der Waals surface area contributed by atoms with Crippen molar-refractivity contribution < 1.29 is 9.53 Å². The van der Waals surface area contributed by atoms with Gasteiger partial charge in [0.15, 0.2) is 0 Å². The number of nitrogens with zero attached hydrogens (tertiary/aromatic N) is 2. The zero-order chi connectivity index (χ0) is 19.0. The van der Waals surface area contributed by atoms with Gasteiger partial charge < -0.3 is 14.6 Å². The largest absolute Gasteiger partial charge is 0.380 e. The second-order valence-electron chi connectivity index (χ2n) is 7.68. The average Bonchev–Trinajstić information content (AvgIpc) is 2.95. The Hall–Kier alpha value is -1.88. The predicted molar refractivity (Wildman–Crippen MR) is 106 cm³/mol. The van der Waals surface area contributed by atoms with E-state index >= 15 is 0 Å². The van der Waals surface area contributed by atoms with Gasteiger partial charge in [-0.3, -0.25) is 4.79 Å². The molecule has 0 unspecified atom stereocenters. The van der Waals surface area contributed by atoms with Gasteiger partial charge in [0.2, 0.25) is 5.91 Å². The topological polar surface area (TPSA) is 56.1 Å². The Balaban J connectivity index is 1.84. The monoisotopic (exact) mass is 359 g/mol. The Labute approximate surface area is 157 Å². The van der Waals surface area contributed by atoms with Gasteiger partial charge in [0.1, 0.15) is 5.82 Å². The summed E-state index contributed by atoms with van der Waals surface area (Å²) in [7, 11) is 0. The molecule has 5 nitrogen and oxygen atoms in total. The number of imidazole rings is 1. The maximum absolute atomic E-state index is 11.9. The molecule has 0 aliphatic carbocycles. The Morgan fingerprint density at radius 2 is 1.96 bits per heavy atom. The van der Waals surface area contributed by atoms with Crippen LogP contribution in [0.1, 0.15) is 52.8 Å². The van der Waals surface area contributed by atoms with Crippen LogP contribution in [0.25, 0.3) is 11.0 Å². The molecule has 1 N–H and O–H groups in total. The van der Waals surface area contributed by atoms with Gasteiger partial charge in [-0.25, -0.2) is 4.98 Å². The Morgan fingerprint density at radius 1 is 1.19 bits per heavy atom. The van der Waals surface area contributed by atoms with Gasteiger partial charge in [-0.05, 0) is 31.9 Å². The van der Waals surface area contributed by atoms with E-state index in [-0.39, 0.29) is 11.3 Å². The van der Waals surface area contributed by atoms with Crippen LogP contribution in [-0.4, -0.2) is 35.2 Å². The number of aryl methyl sites for hydroxylation is 1. The number of hydrogen-bond donors (Lipinski definition) is 1. The van der Waals surface area contributed by atoms with Crippen LogP contribution in [0.15, 0.2) is 24.3 Å². The molecule has 5 heteroatoms. The highest BCUT2D eigenvalue weighted by molar-refractivity contribution is 5.81. The van der Waals surface area contributed by atoms with E-state index in [2.05, 4.69) is 28.1 Å². The predicted octanol–water partition coefficient (Wildman–Crippen LogP) is 3.95. The fourth-order valence-corrected chi connectivity index (χ4v) is 2.92. The Morgan fingerprint density at radius 3 is 2.69 bits per heavy atom. The zero-order valence-corrected chi connectivity index (χ0v) is 16.7. The van der Waals surface area contributed by atoms with Gasteiger partial charge in [0.25, 0.3) is 0 Å². The fourth-order valence-electron chi connectivity index (χ4n) is 2.92. The first-order valence-corrected chi connectivity index (χ1v) is 9.73. The highest BCUT2D eigenvalue weighted by Gasteiger charge is 2.20. The lowest BCUT2D eigenvalue weighted by molar-refractivity contribution is -0.128. The average molecular weight is 360 g/mol. The first-order valence-electron chi connectivity index (χ1n) is 9.73. The van der Waals surface area contributed by atoms with E-state index in [9.17, 15) is 4.79 Å². The normalized spacial score (nSPS) is 11.8. The van der Waals surface area contributed by atoms with Crippen molar-refractivity contribution in [3.8, 4) is 0 Å². The second-order valence-corrected chi connectivity index (χ2v) is 7.68. The van der Waals surface area contributed by atoms with E-state index in [0.717, 1.165) is 56.7 Å². The SMILES string of the molecule is CCOCCn1c(CCCCCNC(=O)C(C)(C)C)nc2ccccc21. The molecular formula is C21H33N3O2. The second kappa shape index (κ2) is 9.72. The van der Waals surface area contributed by atoms with Gasteiger partial charge in [-0.15, -0.1) is 0 Å². The number of unbranched alkanes of at least 4 members (excludes halogenated alkanes) is 2. The van der Waals surface area contributed by atoms with Crippen molar-refractivity contribution in [1.29, 1.82) is 0 Å². The lowest BCUT2D eigenvalue weighted by atomic mass is 9.96. The van der Waals surface area contributed by atoms with E-state index in [0.29, 0.717) is 6.61 Å². The number of rotatable bonds is 10. The highest BCUT2D eigenvalue weighted by atomic mass is 16.5. The first kappa shape index (κ1) is 20.4. The maximum atomic E-state index is 11.9. The van der Waals surface area contributed by atoms with Crippen LogP contribution in [0.2, 0.25) is 0 Å². The molecule has 0 saturated carbocycles. The summed E-state index contributed by atoms with van der Waals surface area (Å²) >= 11 is 0. The third-order valence-electron chi connectivity index (χ3n) is 4.44. The molecule has 0 fully saturated rings. The summed E-state index contributed by atoms with van der Waals surface area (Å²) in [6.07, 6.45) is 4.11. The molecule has 0 aliphatic rings. The summed E-state index contributed by atoms with van der Waals surface area (Å²) in [5, 5.41) is 3.01. The number of aromatic nitrogens is 2. The Kier molecular flexibility index (Phi) is 7.64. The third kappa shape index (κ3) is 5.84. The van der Waals surface area contributed by atoms with E-state index in [1.807, 2.05) is 33.8 Å². The van der Waals surface area contributed by atoms with Crippen molar-refractivity contribution in [3.05, 3.63) is 30.1 Å². The molecule has 0 saturated heterocycles. The van der Waals surface area contributed by atoms with E-state index in [1.54, 1.807) is 0 Å². The van der Waals surface area contributed by atoms with Crippen LogP contribution >= 0.6 is 0 Å². The Bertz CT molecular complexity index is 701. The molecule has 2 rings (SSSR count). The number of hydrogen-bond acceptors (Lipinski definition) is 3. The highest BCUT2D eigenvalue weighted by Crippen LogP contribution is 2.18. The number of fused-ring (bicyclic) bond motifs is 1. The number of amides is 1. The lowest BCUT2D eigenvalue weighted by Gasteiger charge is -2.17. The molecule has 1 amide bonds. The summed E-state index contributed by atoms with van der Waals surface area (Å²) in [5.74, 6) is 1.25. The molecule has 26 heavy (non-hydrogen) atoms. The molecule has 0 aliphatic heterocycles. The van der Waals surface area contributed by atoms with Crippen LogP contribution < -0.4 is 5.32 Å². The number of carbonyl (C=O) groups is 1. The third-order valence-corrected chi connectivity index (χ3v) is 4.44. The van der Waals surface area contributed by atoms with Gasteiger partial charge in [0, 0.05) is 31.5 Å². The molecule has 144 valence electrons. The summed E-state index contributed by atoms with van der Waals surface area (Å²) in [6.45, 7) is 10.9. The zero-order valence-electron chi connectivity index (χ0n) is 16.7. The van der Waals surface area contributed by atoms with Crippen LogP contribution in [0, 0.1) is 5.41 Å². The minimum absolute atomic E-state index is 0.121. The lowest BCUT2D eigenvalue weighted by Crippen LogP contribution is -2.35.